The van der Waals surface area contributed by atoms with Crippen LogP contribution in [0.1, 0.15) is 37.6 Å². The van der Waals surface area contributed by atoms with E-state index in [1.165, 1.54) is 6.07 Å². The van der Waals surface area contributed by atoms with Crippen molar-refractivity contribution in [2.75, 3.05) is 24.2 Å². The van der Waals surface area contributed by atoms with Gasteiger partial charge in [-0.15, -0.1) is 0 Å². The molecule has 1 rings (SSSR count). The van der Waals surface area contributed by atoms with Crippen molar-refractivity contribution in [2.45, 2.75) is 27.2 Å². The van der Waals surface area contributed by atoms with Crippen molar-refractivity contribution in [1.29, 1.82) is 0 Å². The summed E-state index contributed by atoms with van der Waals surface area (Å²) < 4.78 is 0. The van der Waals surface area contributed by atoms with Gasteiger partial charge in [0.05, 0.1) is 16.9 Å². The lowest BCUT2D eigenvalue weighted by Gasteiger charge is -2.26. The van der Waals surface area contributed by atoms with Gasteiger partial charge in [-0.1, -0.05) is 20.8 Å². The van der Waals surface area contributed by atoms with Gasteiger partial charge in [0.1, 0.15) is 0 Å². The number of benzene rings is 1. The average Bonchev–Trinajstić information content (AvgIpc) is 2.25. The van der Waals surface area contributed by atoms with Crippen LogP contribution in [0.4, 0.5) is 11.4 Å². The molecule has 0 bridgehead atoms. The third-order valence-electron chi connectivity index (χ3n) is 2.89. The van der Waals surface area contributed by atoms with Crippen molar-refractivity contribution in [3.63, 3.8) is 0 Å². The Kier molecular flexibility index (Phi) is 4.22. The second-order valence-electron chi connectivity index (χ2n) is 5.81. The van der Waals surface area contributed by atoms with Gasteiger partial charge in [0, 0.05) is 13.6 Å². The van der Waals surface area contributed by atoms with E-state index in [0.717, 1.165) is 18.7 Å². The molecule has 0 spiro atoms. The molecule has 0 aliphatic heterocycles. The maximum Gasteiger partial charge on any atom is 0.335 e. The summed E-state index contributed by atoms with van der Waals surface area (Å²) in [6.45, 7) is 7.38. The van der Waals surface area contributed by atoms with Gasteiger partial charge in [0.2, 0.25) is 0 Å². The Hall–Kier alpha value is -1.71. The molecule has 0 saturated carbocycles. The smallest absolute Gasteiger partial charge is 0.335 e. The van der Waals surface area contributed by atoms with Gasteiger partial charge in [-0.3, -0.25) is 0 Å². The molecule has 100 valence electrons. The molecule has 0 fully saturated rings. The SMILES string of the molecule is CN(CCC(C)(C)C)c1cc(C(=O)O)ccc1N. The Labute approximate surface area is 108 Å². The Balaban J connectivity index is 2.87. The highest BCUT2D eigenvalue weighted by molar-refractivity contribution is 5.90. The number of hydrogen-bond donors (Lipinski definition) is 2. The largest absolute Gasteiger partial charge is 0.478 e. The van der Waals surface area contributed by atoms with Crippen molar-refractivity contribution < 1.29 is 9.90 Å². The van der Waals surface area contributed by atoms with Crippen LogP contribution in [-0.4, -0.2) is 24.7 Å². The number of anilines is 2. The summed E-state index contributed by atoms with van der Waals surface area (Å²) in [6, 6.07) is 4.80. The quantitative estimate of drug-likeness (QED) is 0.806. The van der Waals surface area contributed by atoms with Crippen molar-refractivity contribution >= 4 is 17.3 Å². The summed E-state index contributed by atoms with van der Waals surface area (Å²) >= 11 is 0. The lowest BCUT2D eigenvalue weighted by Crippen LogP contribution is -2.24. The van der Waals surface area contributed by atoms with Crippen LogP contribution in [0, 0.1) is 5.41 Å². The summed E-state index contributed by atoms with van der Waals surface area (Å²) in [7, 11) is 1.93. The first-order chi connectivity index (χ1) is 8.20. The second kappa shape index (κ2) is 5.29. The Morgan fingerprint density at radius 1 is 1.39 bits per heavy atom. The number of hydrogen-bond acceptors (Lipinski definition) is 3. The fraction of sp³-hybridized carbons (Fsp3) is 0.500. The zero-order chi connectivity index (χ0) is 13.9. The van der Waals surface area contributed by atoms with Gasteiger partial charge in [-0.25, -0.2) is 4.79 Å². The molecule has 4 nitrogen and oxygen atoms in total. The molecule has 1 aromatic rings. The molecule has 4 heteroatoms. The molecular weight excluding hydrogens is 228 g/mol. The maximum atomic E-state index is 10.9. The first-order valence-electron chi connectivity index (χ1n) is 6.05. The minimum atomic E-state index is -0.930. The maximum absolute atomic E-state index is 10.9. The third kappa shape index (κ3) is 3.95. The molecular formula is C14H22N2O2. The van der Waals surface area contributed by atoms with Crippen LogP contribution in [-0.2, 0) is 0 Å². The molecule has 0 heterocycles. The lowest BCUT2D eigenvalue weighted by molar-refractivity contribution is 0.0697. The van der Waals surface area contributed by atoms with Crippen molar-refractivity contribution in [1.82, 2.24) is 0 Å². The molecule has 1 aromatic carbocycles. The minimum absolute atomic E-state index is 0.243. The molecule has 0 atom stereocenters. The summed E-state index contributed by atoms with van der Waals surface area (Å²) in [6.07, 6.45) is 1.01. The van der Waals surface area contributed by atoms with Crippen molar-refractivity contribution in [3.05, 3.63) is 23.8 Å². The predicted octanol–water partition coefficient (Wildman–Crippen LogP) is 2.84. The van der Waals surface area contributed by atoms with Gasteiger partial charge < -0.3 is 15.7 Å². The van der Waals surface area contributed by atoms with Crippen LogP contribution in [0.3, 0.4) is 0 Å². The Morgan fingerprint density at radius 2 is 2.00 bits per heavy atom. The van der Waals surface area contributed by atoms with Crippen molar-refractivity contribution in [3.8, 4) is 0 Å². The number of aromatic carboxylic acids is 1. The fourth-order valence-corrected chi connectivity index (χ4v) is 1.63. The third-order valence-corrected chi connectivity index (χ3v) is 2.89. The lowest BCUT2D eigenvalue weighted by atomic mass is 9.92. The summed E-state index contributed by atoms with van der Waals surface area (Å²) in [5.74, 6) is -0.930. The highest BCUT2D eigenvalue weighted by atomic mass is 16.4. The van der Waals surface area contributed by atoms with E-state index in [1.54, 1.807) is 12.1 Å². The number of carboxylic acid groups (broad SMARTS) is 1. The minimum Gasteiger partial charge on any atom is -0.478 e. The van der Waals surface area contributed by atoms with Crippen LogP contribution < -0.4 is 10.6 Å². The van der Waals surface area contributed by atoms with Gasteiger partial charge in [0.25, 0.3) is 0 Å². The Morgan fingerprint density at radius 3 is 2.50 bits per heavy atom. The van der Waals surface area contributed by atoms with E-state index < -0.39 is 5.97 Å². The first-order valence-corrected chi connectivity index (χ1v) is 6.05. The summed E-state index contributed by atoms with van der Waals surface area (Å²) in [5.41, 5.74) is 7.79. The number of carbonyl (C=O) groups is 1. The van der Waals surface area contributed by atoms with E-state index >= 15 is 0 Å². The molecule has 0 aromatic heterocycles. The van der Waals surface area contributed by atoms with E-state index in [4.69, 9.17) is 10.8 Å². The first kappa shape index (κ1) is 14.4. The standard InChI is InChI=1S/C14H22N2O2/c1-14(2,3)7-8-16(4)12-9-10(13(17)18)5-6-11(12)15/h5-6,9H,7-8,15H2,1-4H3,(H,17,18). The highest BCUT2D eigenvalue weighted by Gasteiger charge is 2.14. The molecule has 0 amide bonds. The molecule has 3 N–H and O–H groups in total. The summed E-state index contributed by atoms with van der Waals surface area (Å²) in [5, 5.41) is 8.98. The normalized spacial score (nSPS) is 11.3. The molecule has 0 saturated heterocycles. The van der Waals surface area contributed by atoms with Crippen LogP contribution in [0.25, 0.3) is 0 Å². The van der Waals surface area contributed by atoms with Crippen LogP contribution in [0.2, 0.25) is 0 Å². The van der Waals surface area contributed by atoms with Gasteiger partial charge in [-0.2, -0.15) is 0 Å². The highest BCUT2D eigenvalue weighted by Crippen LogP contribution is 2.26. The second-order valence-corrected chi connectivity index (χ2v) is 5.81. The van der Waals surface area contributed by atoms with Crippen LogP contribution in [0.5, 0.6) is 0 Å². The van der Waals surface area contributed by atoms with Gasteiger partial charge in [0.15, 0.2) is 0 Å². The molecule has 0 unspecified atom stereocenters. The van der Waals surface area contributed by atoms with Gasteiger partial charge in [-0.05, 0) is 30.0 Å². The monoisotopic (exact) mass is 250 g/mol. The topological polar surface area (TPSA) is 66.6 Å². The molecule has 0 aliphatic carbocycles. The van der Waals surface area contributed by atoms with Crippen LogP contribution in [0.15, 0.2) is 18.2 Å². The number of nitrogen functional groups attached to an aromatic ring is 1. The number of carboxylic acids is 1. The van der Waals surface area contributed by atoms with E-state index in [0.29, 0.717) is 5.69 Å². The fourth-order valence-electron chi connectivity index (χ4n) is 1.63. The molecule has 18 heavy (non-hydrogen) atoms. The molecule has 0 aliphatic rings. The molecule has 0 radical (unpaired) electrons. The predicted molar refractivity (Wildman–Crippen MR) is 75.2 cm³/mol. The van der Waals surface area contributed by atoms with Crippen molar-refractivity contribution in [2.24, 2.45) is 5.41 Å². The van der Waals surface area contributed by atoms with Gasteiger partial charge >= 0.3 is 5.97 Å². The van der Waals surface area contributed by atoms with E-state index in [9.17, 15) is 4.79 Å². The summed E-state index contributed by atoms with van der Waals surface area (Å²) in [4.78, 5) is 13.0. The number of rotatable bonds is 4. The van der Waals surface area contributed by atoms with E-state index in [-0.39, 0.29) is 11.0 Å². The Bertz CT molecular complexity index is 436. The zero-order valence-corrected chi connectivity index (χ0v) is 11.5. The zero-order valence-electron chi connectivity index (χ0n) is 11.5. The number of nitrogens with two attached hydrogens (primary N) is 1. The number of nitrogens with zero attached hydrogens (tertiary/aromatic N) is 1. The van der Waals surface area contributed by atoms with E-state index in [1.807, 2.05) is 11.9 Å². The van der Waals surface area contributed by atoms with E-state index in [2.05, 4.69) is 20.8 Å². The van der Waals surface area contributed by atoms with Crippen LogP contribution >= 0.6 is 0 Å². The average molecular weight is 250 g/mol.